The van der Waals surface area contributed by atoms with Gasteiger partial charge >= 0.3 is 0 Å². The lowest BCUT2D eigenvalue weighted by atomic mass is 10.1. The molecule has 5 nitrogen and oxygen atoms in total. The molecule has 1 aromatic carbocycles. The van der Waals surface area contributed by atoms with Crippen molar-refractivity contribution in [1.29, 1.82) is 0 Å². The Morgan fingerprint density at radius 1 is 1.50 bits per heavy atom. The van der Waals surface area contributed by atoms with E-state index in [0.29, 0.717) is 12.1 Å². The monoisotopic (exact) mass is 256 g/mol. The van der Waals surface area contributed by atoms with Crippen LogP contribution in [0.5, 0.6) is 0 Å². The van der Waals surface area contributed by atoms with Gasteiger partial charge in [0.15, 0.2) is 0 Å². The van der Waals surface area contributed by atoms with Gasteiger partial charge in [-0.3, -0.25) is 10.1 Å². The van der Waals surface area contributed by atoms with Crippen molar-refractivity contribution >= 4 is 5.69 Å². The van der Waals surface area contributed by atoms with Gasteiger partial charge in [0.1, 0.15) is 5.82 Å². The maximum atomic E-state index is 13.1. The van der Waals surface area contributed by atoms with E-state index >= 15 is 0 Å². The van der Waals surface area contributed by atoms with Crippen molar-refractivity contribution in [2.75, 3.05) is 13.7 Å². The van der Waals surface area contributed by atoms with Gasteiger partial charge in [-0.25, -0.2) is 4.39 Å². The van der Waals surface area contributed by atoms with Gasteiger partial charge in [-0.15, -0.1) is 0 Å². The quantitative estimate of drug-likeness (QED) is 0.626. The number of nitrogens with one attached hydrogen (secondary N) is 1. The molecular formula is C12H17FN2O3. The topological polar surface area (TPSA) is 64.4 Å². The van der Waals surface area contributed by atoms with E-state index in [9.17, 15) is 14.5 Å². The molecule has 0 bridgehead atoms. The normalized spacial score (nSPS) is 11.6. The second-order valence-corrected chi connectivity index (χ2v) is 4.60. The molecule has 0 atom stereocenters. The van der Waals surface area contributed by atoms with Crippen LogP contribution in [0, 0.1) is 15.9 Å². The van der Waals surface area contributed by atoms with E-state index < -0.39 is 10.7 Å². The van der Waals surface area contributed by atoms with Crippen LogP contribution in [-0.4, -0.2) is 24.2 Å². The summed E-state index contributed by atoms with van der Waals surface area (Å²) >= 11 is 0. The minimum Gasteiger partial charge on any atom is -0.377 e. The molecule has 1 aromatic rings. The second-order valence-electron chi connectivity index (χ2n) is 4.60. The first-order valence-corrected chi connectivity index (χ1v) is 5.54. The van der Waals surface area contributed by atoms with Gasteiger partial charge in [-0.1, -0.05) is 0 Å². The van der Waals surface area contributed by atoms with E-state index in [0.717, 1.165) is 6.07 Å². The Labute approximate surface area is 105 Å². The molecule has 0 aliphatic heterocycles. The smallest absolute Gasteiger partial charge is 0.274 e. The van der Waals surface area contributed by atoms with E-state index in [4.69, 9.17) is 4.74 Å². The molecule has 1 N–H and O–H groups in total. The van der Waals surface area contributed by atoms with Crippen molar-refractivity contribution in [3.8, 4) is 0 Å². The molecule has 0 unspecified atom stereocenters. The zero-order valence-corrected chi connectivity index (χ0v) is 10.7. The highest BCUT2D eigenvalue weighted by Gasteiger charge is 2.18. The SMILES string of the molecule is COC(C)(C)CNCc1cc(F)ccc1[N+](=O)[O-]. The number of hydrogen-bond acceptors (Lipinski definition) is 4. The summed E-state index contributed by atoms with van der Waals surface area (Å²) in [5, 5.41) is 13.8. The Kier molecular flexibility index (Phi) is 4.75. The summed E-state index contributed by atoms with van der Waals surface area (Å²) in [6.07, 6.45) is 0. The van der Waals surface area contributed by atoms with Gasteiger partial charge in [0, 0.05) is 31.8 Å². The molecule has 0 aromatic heterocycles. The van der Waals surface area contributed by atoms with Crippen LogP contribution in [0.15, 0.2) is 18.2 Å². The molecule has 0 heterocycles. The van der Waals surface area contributed by atoms with Crippen molar-refractivity contribution in [2.24, 2.45) is 0 Å². The standard InChI is InChI=1S/C12H17FN2O3/c1-12(2,18-3)8-14-7-9-6-10(13)4-5-11(9)15(16)17/h4-6,14H,7-8H2,1-3H3. The molecule has 0 saturated heterocycles. The van der Waals surface area contributed by atoms with Crippen LogP contribution < -0.4 is 5.32 Å². The van der Waals surface area contributed by atoms with Crippen LogP contribution in [0.25, 0.3) is 0 Å². The van der Waals surface area contributed by atoms with Crippen LogP contribution in [0.2, 0.25) is 0 Å². The molecule has 0 radical (unpaired) electrons. The van der Waals surface area contributed by atoms with Gasteiger partial charge in [0.2, 0.25) is 0 Å². The molecule has 18 heavy (non-hydrogen) atoms. The van der Waals surface area contributed by atoms with Crippen LogP contribution in [0.4, 0.5) is 10.1 Å². The number of ether oxygens (including phenoxy) is 1. The average Bonchev–Trinajstić information content (AvgIpc) is 2.28. The van der Waals surface area contributed by atoms with Crippen molar-refractivity contribution in [3.05, 3.63) is 39.7 Å². The number of benzene rings is 1. The molecular weight excluding hydrogens is 239 g/mol. The van der Waals surface area contributed by atoms with E-state index in [-0.39, 0.29) is 17.8 Å². The summed E-state index contributed by atoms with van der Waals surface area (Å²) in [6.45, 7) is 4.51. The maximum Gasteiger partial charge on any atom is 0.274 e. The third-order valence-corrected chi connectivity index (χ3v) is 2.66. The molecule has 0 aliphatic carbocycles. The molecule has 100 valence electrons. The van der Waals surface area contributed by atoms with Crippen molar-refractivity contribution in [3.63, 3.8) is 0 Å². The van der Waals surface area contributed by atoms with E-state index in [2.05, 4.69) is 5.32 Å². The fraction of sp³-hybridized carbons (Fsp3) is 0.500. The lowest BCUT2D eigenvalue weighted by molar-refractivity contribution is -0.385. The van der Waals surface area contributed by atoms with Gasteiger partial charge < -0.3 is 10.1 Å². The molecule has 6 heteroatoms. The minimum absolute atomic E-state index is 0.0841. The lowest BCUT2D eigenvalue weighted by Crippen LogP contribution is -2.36. The Bertz CT molecular complexity index is 435. The maximum absolute atomic E-state index is 13.1. The van der Waals surface area contributed by atoms with E-state index in [1.165, 1.54) is 12.1 Å². The number of rotatable bonds is 6. The van der Waals surface area contributed by atoms with Crippen LogP contribution >= 0.6 is 0 Å². The number of nitro groups is 1. The molecule has 0 aliphatic rings. The fourth-order valence-corrected chi connectivity index (χ4v) is 1.44. The van der Waals surface area contributed by atoms with E-state index in [1.807, 2.05) is 13.8 Å². The predicted octanol–water partition coefficient (Wildman–Crippen LogP) is 2.25. The summed E-state index contributed by atoms with van der Waals surface area (Å²) in [5.41, 5.74) is -0.131. The van der Waals surface area contributed by atoms with Gasteiger partial charge in [0.05, 0.1) is 10.5 Å². The first kappa shape index (κ1) is 14.5. The van der Waals surface area contributed by atoms with E-state index in [1.54, 1.807) is 7.11 Å². The van der Waals surface area contributed by atoms with Crippen molar-refractivity contribution < 1.29 is 14.1 Å². The number of nitro benzene ring substituents is 1. The van der Waals surface area contributed by atoms with Crippen molar-refractivity contribution in [2.45, 2.75) is 26.0 Å². The number of hydrogen-bond donors (Lipinski definition) is 1. The van der Waals surface area contributed by atoms with Crippen LogP contribution in [-0.2, 0) is 11.3 Å². The van der Waals surface area contributed by atoms with Gasteiger partial charge in [0.25, 0.3) is 5.69 Å². The Morgan fingerprint density at radius 3 is 2.72 bits per heavy atom. The zero-order valence-electron chi connectivity index (χ0n) is 10.7. The first-order chi connectivity index (χ1) is 8.35. The number of halogens is 1. The predicted molar refractivity (Wildman–Crippen MR) is 65.8 cm³/mol. The average molecular weight is 256 g/mol. The third kappa shape index (κ3) is 4.05. The van der Waals surface area contributed by atoms with Crippen LogP contribution in [0.1, 0.15) is 19.4 Å². The molecule has 0 amide bonds. The summed E-state index contributed by atoms with van der Waals surface area (Å²) in [5.74, 6) is -0.483. The third-order valence-electron chi connectivity index (χ3n) is 2.66. The Balaban J connectivity index is 2.72. The minimum atomic E-state index is -0.516. The summed E-state index contributed by atoms with van der Waals surface area (Å²) in [4.78, 5) is 10.3. The fourth-order valence-electron chi connectivity index (χ4n) is 1.44. The zero-order chi connectivity index (χ0) is 13.8. The van der Waals surface area contributed by atoms with Crippen LogP contribution in [0.3, 0.4) is 0 Å². The number of nitrogens with zero attached hydrogens (tertiary/aromatic N) is 1. The summed E-state index contributed by atoms with van der Waals surface area (Å²) < 4.78 is 18.3. The highest BCUT2D eigenvalue weighted by molar-refractivity contribution is 5.40. The Morgan fingerprint density at radius 2 is 2.17 bits per heavy atom. The lowest BCUT2D eigenvalue weighted by Gasteiger charge is -2.23. The molecule has 0 fully saturated rings. The van der Waals surface area contributed by atoms with Gasteiger partial charge in [-0.2, -0.15) is 0 Å². The first-order valence-electron chi connectivity index (χ1n) is 5.54. The summed E-state index contributed by atoms with van der Waals surface area (Å²) in [7, 11) is 1.59. The highest BCUT2D eigenvalue weighted by atomic mass is 19.1. The van der Waals surface area contributed by atoms with Crippen molar-refractivity contribution in [1.82, 2.24) is 5.32 Å². The number of methoxy groups -OCH3 is 1. The Hall–Kier alpha value is -1.53. The highest BCUT2D eigenvalue weighted by Crippen LogP contribution is 2.19. The largest absolute Gasteiger partial charge is 0.377 e. The summed E-state index contributed by atoms with van der Waals surface area (Å²) in [6, 6.07) is 3.43. The molecule has 0 spiro atoms. The van der Waals surface area contributed by atoms with Gasteiger partial charge in [-0.05, 0) is 26.0 Å². The molecule has 1 rings (SSSR count). The molecule has 0 saturated carbocycles. The second kappa shape index (κ2) is 5.88.